The average Bonchev–Trinajstić information content (AvgIpc) is 2.70. The first kappa shape index (κ1) is 19.5. The third-order valence-corrected chi connectivity index (χ3v) is 5.90. The van der Waals surface area contributed by atoms with E-state index in [0.29, 0.717) is 29.1 Å². The largest absolute Gasteiger partial charge is 0.355 e. The molecule has 140 valence electrons. The van der Waals surface area contributed by atoms with Crippen molar-refractivity contribution in [1.29, 1.82) is 0 Å². The highest BCUT2D eigenvalue weighted by Crippen LogP contribution is 2.18. The van der Waals surface area contributed by atoms with Crippen LogP contribution < -0.4 is 10.9 Å². The molecule has 1 aromatic heterocycles. The maximum Gasteiger partial charge on any atom is 0.262 e. The third kappa shape index (κ3) is 5.14. The van der Waals surface area contributed by atoms with Gasteiger partial charge in [-0.2, -0.15) is 0 Å². The Morgan fingerprint density at radius 1 is 1.07 bits per heavy atom. The van der Waals surface area contributed by atoms with Gasteiger partial charge in [0.25, 0.3) is 5.56 Å². The van der Waals surface area contributed by atoms with E-state index in [0.717, 1.165) is 5.75 Å². The number of nitrogens with one attached hydrogen (secondary N) is 1. The van der Waals surface area contributed by atoms with Crippen LogP contribution >= 0.6 is 23.5 Å². The molecule has 0 bridgehead atoms. The molecule has 3 rings (SSSR count). The zero-order chi connectivity index (χ0) is 19.1. The lowest BCUT2D eigenvalue weighted by molar-refractivity contribution is -0.118. The number of rotatable bonds is 8. The molecular formula is C20H21N3O2S2. The van der Waals surface area contributed by atoms with Crippen LogP contribution in [0.1, 0.15) is 6.92 Å². The Balaban J connectivity index is 1.54. The molecule has 27 heavy (non-hydrogen) atoms. The van der Waals surface area contributed by atoms with E-state index in [4.69, 9.17) is 0 Å². The van der Waals surface area contributed by atoms with Crippen LogP contribution in [0, 0.1) is 0 Å². The molecule has 0 fully saturated rings. The van der Waals surface area contributed by atoms with Crippen molar-refractivity contribution >= 4 is 40.3 Å². The summed E-state index contributed by atoms with van der Waals surface area (Å²) in [7, 11) is 0. The molecule has 0 aliphatic heterocycles. The molecule has 7 heteroatoms. The molecule has 0 saturated carbocycles. The van der Waals surface area contributed by atoms with Crippen molar-refractivity contribution < 1.29 is 4.79 Å². The van der Waals surface area contributed by atoms with Crippen LogP contribution in [0.25, 0.3) is 10.9 Å². The van der Waals surface area contributed by atoms with Gasteiger partial charge in [0.15, 0.2) is 5.16 Å². The molecule has 1 N–H and O–H groups in total. The highest BCUT2D eigenvalue weighted by atomic mass is 32.2. The van der Waals surface area contributed by atoms with Crippen molar-refractivity contribution in [3.8, 4) is 0 Å². The smallest absolute Gasteiger partial charge is 0.262 e. The predicted molar refractivity (Wildman–Crippen MR) is 113 cm³/mol. The van der Waals surface area contributed by atoms with Crippen molar-refractivity contribution in [3.05, 3.63) is 65.0 Å². The van der Waals surface area contributed by atoms with Gasteiger partial charge in [-0.25, -0.2) is 4.98 Å². The van der Waals surface area contributed by atoms with Crippen LogP contribution in [0.3, 0.4) is 0 Å². The van der Waals surface area contributed by atoms with Crippen molar-refractivity contribution in [3.63, 3.8) is 0 Å². The second-order valence-corrected chi connectivity index (χ2v) is 7.87. The Labute approximate surface area is 166 Å². The minimum Gasteiger partial charge on any atom is -0.355 e. The fourth-order valence-corrected chi connectivity index (χ4v) is 4.28. The van der Waals surface area contributed by atoms with E-state index >= 15 is 0 Å². The molecule has 0 aliphatic carbocycles. The van der Waals surface area contributed by atoms with Crippen molar-refractivity contribution in [2.45, 2.75) is 23.5 Å². The standard InChI is InChI=1S/C20H21N3O2S2/c1-2-23-19(25)16-10-6-7-11-17(16)22-20(23)27-14-18(24)21-12-13-26-15-8-4-3-5-9-15/h3-11H,2,12-14H2,1H3,(H,21,24). The van der Waals surface area contributed by atoms with Crippen LogP contribution in [0.5, 0.6) is 0 Å². The molecule has 0 saturated heterocycles. The van der Waals surface area contributed by atoms with Gasteiger partial charge in [0.1, 0.15) is 0 Å². The summed E-state index contributed by atoms with van der Waals surface area (Å²) in [6.45, 7) is 3.03. The molecule has 1 amide bonds. The number of hydrogen-bond acceptors (Lipinski definition) is 5. The minimum atomic E-state index is -0.0646. The minimum absolute atomic E-state index is 0.0567. The zero-order valence-electron chi connectivity index (χ0n) is 15.1. The first-order valence-corrected chi connectivity index (χ1v) is 10.7. The van der Waals surface area contributed by atoms with E-state index in [1.165, 1.54) is 16.7 Å². The van der Waals surface area contributed by atoms with Crippen LogP contribution in [0.2, 0.25) is 0 Å². The summed E-state index contributed by atoms with van der Waals surface area (Å²) in [5.41, 5.74) is 0.597. The monoisotopic (exact) mass is 399 g/mol. The third-order valence-electron chi connectivity index (χ3n) is 3.91. The lowest BCUT2D eigenvalue weighted by Crippen LogP contribution is -2.28. The van der Waals surface area contributed by atoms with Gasteiger partial charge in [0.05, 0.1) is 16.7 Å². The number of benzene rings is 2. The number of nitrogens with zero attached hydrogens (tertiary/aromatic N) is 2. The molecule has 0 atom stereocenters. The van der Waals surface area contributed by atoms with Crippen LogP contribution in [-0.4, -0.2) is 33.5 Å². The maximum absolute atomic E-state index is 12.6. The van der Waals surface area contributed by atoms with Crippen LogP contribution in [-0.2, 0) is 11.3 Å². The zero-order valence-corrected chi connectivity index (χ0v) is 16.7. The SMILES string of the molecule is CCn1c(SCC(=O)NCCSc2ccccc2)nc2ccccc2c1=O. The van der Waals surface area contributed by atoms with E-state index < -0.39 is 0 Å². The number of carbonyl (C=O) groups excluding carboxylic acids is 1. The van der Waals surface area contributed by atoms with Gasteiger partial charge in [-0.05, 0) is 31.2 Å². The highest BCUT2D eigenvalue weighted by Gasteiger charge is 2.12. The number of hydrogen-bond donors (Lipinski definition) is 1. The number of aromatic nitrogens is 2. The molecule has 0 aliphatic rings. The van der Waals surface area contributed by atoms with Gasteiger partial charge >= 0.3 is 0 Å². The summed E-state index contributed by atoms with van der Waals surface area (Å²) in [6.07, 6.45) is 0. The Kier molecular flexibility index (Phi) is 6.95. The maximum atomic E-state index is 12.6. The predicted octanol–water partition coefficient (Wildman–Crippen LogP) is 3.42. The van der Waals surface area contributed by atoms with Crippen molar-refractivity contribution in [1.82, 2.24) is 14.9 Å². The number of fused-ring (bicyclic) bond motifs is 1. The first-order valence-electron chi connectivity index (χ1n) is 8.76. The van der Waals surface area contributed by atoms with E-state index in [1.807, 2.05) is 43.3 Å². The summed E-state index contributed by atoms with van der Waals surface area (Å²) < 4.78 is 1.62. The second-order valence-electron chi connectivity index (χ2n) is 5.76. The second kappa shape index (κ2) is 9.62. The molecule has 0 spiro atoms. The van der Waals surface area contributed by atoms with Crippen LogP contribution in [0.15, 0.2) is 69.4 Å². The lowest BCUT2D eigenvalue weighted by Gasteiger charge is -2.11. The molecule has 5 nitrogen and oxygen atoms in total. The Hall–Kier alpha value is -2.25. The fourth-order valence-electron chi connectivity index (χ4n) is 2.59. The normalized spacial score (nSPS) is 10.9. The quantitative estimate of drug-likeness (QED) is 0.357. The summed E-state index contributed by atoms with van der Waals surface area (Å²) in [4.78, 5) is 30.4. The lowest BCUT2D eigenvalue weighted by atomic mass is 10.2. The molecule has 1 heterocycles. The number of thioether (sulfide) groups is 2. The molecule has 0 radical (unpaired) electrons. The topological polar surface area (TPSA) is 64.0 Å². The van der Waals surface area contributed by atoms with Crippen LogP contribution in [0.4, 0.5) is 0 Å². The van der Waals surface area contributed by atoms with Crippen molar-refractivity contribution in [2.75, 3.05) is 18.1 Å². The summed E-state index contributed by atoms with van der Waals surface area (Å²) >= 11 is 3.00. The van der Waals surface area contributed by atoms with E-state index in [-0.39, 0.29) is 17.2 Å². The summed E-state index contributed by atoms with van der Waals surface area (Å²) in [6, 6.07) is 17.4. The highest BCUT2D eigenvalue weighted by molar-refractivity contribution is 7.99. The number of carbonyl (C=O) groups is 1. The number of para-hydroxylation sites is 1. The average molecular weight is 400 g/mol. The Morgan fingerprint density at radius 3 is 2.59 bits per heavy atom. The van der Waals surface area contributed by atoms with Gasteiger partial charge in [-0.3, -0.25) is 14.2 Å². The van der Waals surface area contributed by atoms with Gasteiger partial charge in [-0.1, -0.05) is 42.1 Å². The molecular weight excluding hydrogens is 378 g/mol. The first-order chi connectivity index (χ1) is 13.2. The molecule has 3 aromatic rings. The van der Waals surface area contributed by atoms with Gasteiger partial charge in [0.2, 0.25) is 5.91 Å². The van der Waals surface area contributed by atoms with Crippen molar-refractivity contribution in [2.24, 2.45) is 0 Å². The molecule has 0 unspecified atom stereocenters. The Morgan fingerprint density at radius 2 is 1.81 bits per heavy atom. The van der Waals surface area contributed by atoms with Gasteiger partial charge < -0.3 is 5.32 Å². The molecule has 2 aromatic carbocycles. The van der Waals surface area contributed by atoms with Gasteiger partial charge in [-0.15, -0.1) is 11.8 Å². The summed E-state index contributed by atoms with van der Waals surface area (Å²) in [5, 5.41) is 4.10. The van der Waals surface area contributed by atoms with Gasteiger partial charge in [0, 0.05) is 23.7 Å². The fraction of sp³-hybridized carbons (Fsp3) is 0.250. The summed E-state index contributed by atoms with van der Waals surface area (Å²) in [5.74, 6) is 0.994. The van der Waals surface area contributed by atoms with E-state index in [9.17, 15) is 9.59 Å². The Bertz CT molecular complexity index is 974. The van der Waals surface area contributed by atoms with E-state index in [1.54, 1.807) is 22.4 Å². The van der Waals surface area contributed by atoms with E-state index in [2.05, 4.69) is 22.4 Å². The number of amides is 1.